The van der Waals surface area contributed by atoms with Gasteiger partial charge in [-0.25, -0.2) is 0 Å². The quantitative estimate of drug-likeness (QED) is 0.643. The molecular weight excluding hydrogens is 256 g/mol. The third-order valence-corrected chi connectivity index (χ3v) is 6.13. The van der Waals surface area contributed by atoms with E-state index in [1.54, 1.807) is 0 Å². The summed E-state index contributed by atoms with van der Waals surface area (Å²) >= 11 is 0. The summed E-state index contributed by atoms with van der Waals surface area (Å²) in [6, 6.07) is 13.0. The Morgan fingerprint density at radius 3 is 2.43 bits per heavy atom. The molecule has 1 heterocycles. The van der Waals surface area contributed by atoms with Crippen LogP contribution in [0.15, 0.2) is 42.0 Å². The number of hydrogen-bond donors (Lipinski definition) is 0. The molecule has 2 bridgehead atoms. The van der Waals surface area contributed by atoms with E-state index in [4.69, 9.17) is 4.74 Å². The molecule has 0 atom stereocenters. The molecule has 2 aromatic carbocycles. The Hall–Kier alpha value is -1.76. The van der Waals surface area contributed by atoms with E-state index in [0.717, 1.165) is 17.6 Å². The van der Waals surface area contributed by atoms with Crippen LogP contribution in [-0.4, -0.2) is 5.60 Å². The molecule has 1 spiro atoms. The normalized spacial score (nSPS) is 33.1. The fraction of sp³-hybridized carbons (Fsp3) is 0.400. The second-order valence-electron chi connectivity index (χ2n) is 6.97. The second kappa shape index (κ2) is 3.91. The van der Waals surface area contributed by atoms with Crippen LogP contribution in [0.3, 0.4) is 0 Å². The zero-order valence-electron chi connectivity index (χ0n) is 12.4. The van der Waals surface area contributed by atoms with Crippen LogP contribution in [0.2, 0.25) is 0 Å². The van der Waals surface area contributed by atoms with Gasteiger partial charge in [-0.2, -0.15) is 0 Å². The smallest absolute Gasteiger partial charge is 0.136 e. The Bertz CT molecular complexity index is 751. The number of rotatable bonds is 0. The van der Waals surface area contributed by atoms with Crippen molar-refractivity contribution in [2.45, 2.75) is 38.2 Å². The summed E-state index contributed by atoms with van der Waals surface area (Å²) in [5.41, 5.74) is 2.76. The summed E-state index contributed by atoms with van der Waals surface area (Å²) in [4.78, 5) is 0. The van der Waals surface area contributed by atoms with Crippen molar-refractivity contribution in [1.82, 2.24) is 0 Å². The van der Waals surface area contributed by atoms with Gasteiger partial charge in [0, 0.05) is 17.4 Å². The number of ether oxygens (including phenoxy) is 1. The number of fused-ring (bicyclic) bond motifs is 3. The SMILES string of the molecule is CC1=Cc2c(ccc3ccccc23)OC12C1CCC2CC1. The van der Waals surface area contributed by atoms with Gasteiger partial charge in [-0.1, -0.05) is 30.3 Å². The molecular formula is C20H20O. The molecule has 106 valence electrons. The maximum atomic E-state index is 6.72. The molecule has 2 aliphatic carbocycles. The Labute approximate surface area is 125 Å². The molecule has 0 unspecified atom stereocenters. The third-order valence-electron chi connectivity index (χ3n) is 6.13. The van der Waals surface area contributed by atoms with E-state index in [9.17, 15) is 0 Å². The molecule has 0 N–H and O–H groups in total. The minimum absolute atomic E-state index is 0.0233. The van der Waals surface area contributed by atoms with Crippen molar-refractivity contribution in [3.8, 4) is 5.75 Å². The second-order valence-corrected chi connectivity index (χ2v) is 6.97. The molecule has 2 saturated carbocycles. The van der Waals surface area contributed by atoms with Gasteiger partial charge < -0.3 is 4.74 Å². The van der Waals surface area contributed by atoms with Crippen molar-refractivity contribution < 1.29 is 4.74 Å². The van der Waals surface area contributed by atoms with Gasteiger partial charge in [0.1, 0.15) is 11.4 Å². The van der Waals surface area contributed by atoms with E-state index in [1.807, 2.05) is 0 Å². The van der Waals surface area contributed by atoms with Crippen LogP contribution >= 0.6 is 0 Å². The van der Waals surface area contributed by atoms with Crippen molar-refractivity contribution in [2.75, 3.05) is 0 Å². The average Bonchev–Trinajstić information content (AvgIpc) is 3.04. The average molecular weight is 276 g/mol. The highest BCUT2D eigenvalue weighted by Gasteiger charge is 2.58. The lowest BCUT2D eigenvalue weighted by molar-refractivity contribution is 0.0575. The van der Waals surface area contributed by atoms with E-state index in [-0.39, 0.29) is 5.60 Å². The van der Waals surface area contributed by atoms with E-state index < -0.39 is 0 Å². The lowest BCUT2D eigenvalue weighted by atomic mass is 9.81. The van der Waals surface area contributed by atoms with Gasteiger partial charge in [0.15, 0.2) is 0 Å². The van der Waals surface area contributed by atoms with Gasteiger partial charge in [-0.15, -0.1) is 0 Å². The summed E-state index contributed by atoms with van der Waals surface area (Å²) in [5, 5.41) is 2.61. The summed E-state index contributed by atoms with van der Waals surface area (Å²) in [7, 11) is 0. The van der Waals surface area contributed by atoms with Gasteiger partial charge >= 0.3 is 0 Å². The monoisotopic (exact) mass is 276 g/mol. The zero-order chi connectivity index (χ0) is 14.0. The van der Waals surface area contributed by atoms with Crippen LogP contribution in [0.4, 0.5) is 0 Å². The van der Waals surface area contributed by atoms with Gasteiger partial charge in [-0.05, 0) is 61.1 Å². The maximum Gasteiger partial charge on any atom is 0.136 e. The van der Waals surface area contributed by atoms with Gasteiger partial charge in [0.25, 0.3) is 0 Å². The van der Waals surface area contributed by atoms with E-state index >= 15 is 0 Å². The maximum absolute atomic E-state index is 6.72. The van der Waals surface area contributed by atoms with Crippen LogP contribution in [0.25, 0.3) is 16.8 Å². The standard InChI is InChI=1S/C20H20O/c1-13-12-18-17-5-3-2-4-14(17)6-11-19(18)21-20(13)15-7-8-16(20)10-9-15/h2-6,11-12,15-16H,7-10H2,1H3. The van der Waals surface area contributed by atoms with Gasteiger partial charge in [0.05, 0.1) is 0 Å². The molecule has 3 aliphatic rings. The Morgan fingerprint density at radius 2 is 1.67 bits per heavy atom. The molecule has 1 heteroatoms. The summed E-state index contributed by atoms with van der Waals surface area (Å²) in [6.45, 7) is 2.29. The van der Waals surface area contributed by atoms with Crippen LogP contribution < -0.4 is 4.74 Å². The molecule has 21 heavy (non-hydrogen) atoms. The fourth-order valence-electron chi connectivity index (χ4n) is 5.20. The number of hydrogen-bond acceptors (Lipinski definition) is 1. The summed E-state index contributed by atoms with van der Waals surface area (Å²) < 4.78 is 6.72. The predicted molar refractivity (Wildman–Crippen MR) is 86.4 cm³/mol. The first-order chi connectivity index (χ1) is 10.3. The molecule has 0 radical (unpaired) electrons. The molecule has 0 aromatic heterocycles. The van der Waals surface area contributed by atoms with E-state index in [2.05, 4.69) is 49.4 Å². The topological polar surface area (TPSA) is 9.23 Å². The molecule has 1 nitrogen and oxygen atoms in total. The van der Waals surface area contributed by atoms with Crippen molar-refractivity contribution in [3.05, 3.63) is 47.5 Å². The van der Waals surface area contributed by atoms with E-state index in [1.165, 1.54) is 47.6 Å². The molecule has 0 saturated heterocycles. The zero-order valence-corrected chi connectivity index (χ0v) is 12.4. The summed E-state index contributed by atoms with van der Waals surface area (Å²) in [6.07, 6.45) is 7.80. The van der Waals surface area contributed by atoms with Crippen molar-refractivity contribution >= 4 is 16.8 Å². The highest BCUT2D eigenvalue weighted by Crippen LogP contribution is 2.59. The van der Waals surface area contributed by atoms with Gasteiger partial charge in [-0.3, -0.25) is 0 Å². The van der Waals surface area contributed by atoms with Crippen LogP contribution in [-0.2, 0) is 0 Å². The Balaban J connectivity index is 1.74. The molecule has 5 rings (SSSR count). The fourth-order valence-corrected chi connectivity index (χ4v) is 5.20. The molecule has 2 fully saturated rings. The minimum atomic E-state index is 0.0233. The van der Waals surface area contributed by atoms with E-state index in [0.29, 0.717) is 0 Å². The predicted octanol–water partition coefficient (Wildman–Crippen LogP) is 5.19. The summed E-state index contributed by atoms with van der Waals surface area (Å²) in [5.74, 6) is 2.56. The highest BCUT2D eigenvalue weighted by atomic mass is 16.5. The lowest BCUT2D eigenvalue weighted by Crippen LogP contribution is -2.44. The minimum Gasteiger partial charge on any atom is -0.482 e. The van der Waals surface area contributed by atoms with Crippen LogP contribution in [0.1, 0.15) is 38.2 Å². The largest absolute Gasteiger partial charge is 0.482 e. The number of benzene rings is 2. The lowest BCUT2D eigenvalue weighted by Gasteiger charge is -2.40. The van der Waals surface area contributed by atoms with Crippen molar-refractivity contribution in [3.63, 3.8) is 0 Å². The van der Waals surface area contributed by atoms with Crippen molar-refractivity contribution in [2.24, 2.45) is 11.8 Å². The van der Waals surface area contributed by atoms with Crippen molar-refractivity contribution in [1.29, 1.82) is 0 Å². The first-order valence-electron chi connectivity index (χ1n) is 8.18. The van der Waals surface area contributed by atoms with Crippen LogP contribution in [0, 0.1) is 11.8 Å². The van der Waals surface area contributed by atoms with Crippen LogP contribution in [0.5, 0.6) is 5.75 Å². The molecule has 0 amide bonds. The third kappa shape index (κ3) is 1.37. The Kier molecular flexibility index (Phi) is 2.21. The first kappa shape index (κ1) is 11.9. The Morgan fingerprint density at radius 1 is 0.952 bits per heavy atom. The molecule has 1 aliphatic heterocycles. The van der Waals surface area contributed by atoms with Gasteiger partial charge in [0.2, 0.25) is 0 Å². The molecule has 2 aromatic rings. The first-order valence-corrected chi connectivity index (χ1v) is 8.18. The highest BCUT2D eigenvalue weighted by molar-refractivity contribution is 5.94.